The molecular formula is C24H27NO6S. The molecule has 1 atom stereocenters. The zero-order valence-electron chi connectivity index (χ0n) is 18.4. The van der Waals surface area contributed by atoms with Crippen LogP contribution in [-0.4, -0.2) is 20.4 Å². The predicted molar refractivity (Wildman–Crippen MR) is 122 cm³/mol. The number of rotatable bonds is 9. The van der Waals surface area contributed by atoms with Gasteiger partial charge >= 0.3 is 11.6 Å². The molecule has 0 bridgehead atoms. The molecule has 0 spiro atoms. The Morgan fingerprint density at radius 2 is 1.81 bits per heavy atom. The van der Waals surface area contributed by atoms with Crippen molar-refractivity contribution in [3.05, 3.63) is 70.1 Å². The first-order valence-electron chi connectivity index (χ1n) is 10.6. The maximum Gasteiger partial charge on any atom is 0.336 e. The van der Waals surface area contributed by atoms with Gasteiger partial charge in [0.1, 0.15) is 17.4 Å². The summed E-state index contributed by atoms with van der Waals surface area (Å²) in [6.07, 6.45) is 2.38. The Hall–Kier alpha value is -2.97. The molecular weight excluding hydrogens is 430 g/mol. The zero-order valence-corrected chi connectivity index (χ0v) is 19.2. The molecule has 0 unspecified atom stereocenters. The van der Waals surface area contributed by atoms with Crippen LogP contribution < -0.4 is 15.1 Å². The maximum absolute atomic E-state index is 12.9. The number of ether oxygens (including phenoxy) is 1. The third-order valence-electron chi connectivity index (χ3n) is 5.16. The first kappa shape index (κ1) is 23.7. The lowest BCUT2D eigenvalue weighted by Crippen LogP contribution is -2.42. The number of benzene rings is 2. The summed E-state index contributed by atoms with van der Waals surface area (Å²) in [7, 11) is -3.90. The van der Waals surface area contributed by atoms with E-state index in [1.54, 1.807) is 24.3 Å². The van der Waals surface area contributed by atoms with Crippen LogP contribution in [0.4, 0.5) is 0 Å². The van der Waals surface area contributed by atoms with Gasteiger partial charge in [0.2, 0.25) is 10.0 Å². The SMILES string of the molecule is CCCC[C@@H](NS(=O)(=O)c1ccc(C)cc1)C(=O)Oc1ccc2c(CC)cc(=O)oc2c1. The van der Waals surface area contributed by atoms with Gasteiger partial charge in [-0.15, -0.1) is 0 Å². The number of carbonyl (C=O) groups is 1. The predicted octanol–water partition coefficient (Wildman–Crippen LogP) is 4.11. The minimum Gasteiger partial charge on any atom is -0.425 e. The van der Waals surface area contributed by atoms with Gasteiger partial charge in [-0.05, 0) is 49.6 Å². The van der Waals surface area contributed by atoms with Crippen molar-refractivity contribution in [3.63, 3.8) is 0 Å². The lowest BCUT2D eigenvalue weighted by atomic mass is 10.1. The van der Waals surface area contributed by atoms with E-state index in [0.717, 1.165) is 22.9 Å². The summed E-state index contributed by atoms with van der Waals surface area (Å²) in [6.45, 7) is 5.74. The molecule has 0 radical (unpaired) electrons. The average Bonchev–Trinajstić information content (AvgIpc) is 2.75. The summed E-state index contributed by atoms with van der Waals surface area (Å²) in [5, 5.41) is 0.759. The van der Waals surface area contributed by atoms with E-state index < -0.39 is 27.7 Å². The number of sulfonamides is 1. The van der Waals surface area contributed by atoms with Crippen molar-refractivity contribution in [2.75, 3.05) is 0 Å². The van der Waals surface area contributed by atoms with Crippen LogP contribution in [0.5, 0.6) is 5.75 Å². The summed E-state index contributed by atoms with van der Waals surface area (Å²) in [5.74, 6) is -0.544. The third-order valence-corrected chi connectivity index (χ3v) is 6.65. The Morgan fingerprint density at radius 3 is 2.47 bits per heavy atom. The quantitative estimate of drug-likeness (QED) is 0.295. The molecule has 8 heteroatoms. The second-order valence-corrected chi connectivity index (χ2v) is 9.37. The lowest BCUT2D eigenvalue weighted by Gasteiger charge is -2.18. The van der Waals surface area contributed by atoms with Crippen molar-refractivity contribution in [2.45, 2.75) is 57.4 Å². The number of unbranched alkanes of at least 4 members (excludes halogenated alkanes) is 1. The van der Waals surface area contributed by atoms with Gasteiger partial charge in [0.15, 0.2) is 0 Å². The first-order chi connectivity index (χ1) is 15.2. The molecule has 0 amide bonds. The van der Waals surface area contributed by atoms with E-state index in [-0.39, 0.29) is 10.6 Å². The van der Waals surface area contributed by atoms with Crippen LogP contribution in [0.2, 0.25) is 0 Å². The Balaban J connectivity index is 1.84. The molecule has 0 saturated heterocycles. The molecule has 1 heterocycles. The molecule has 0 aliphatic carbocycles. The molecule has 3 aromatic rings. The van der Waals surface area contributed by atoms with Gasteiger partial charge in [0.05, 0.1) is 4.90 Å². The minimum atomic E-state index is -3.90. The highest BCUT2D eigenvalue weighted by Gasteiger charge is 2.27. The van der Waals surface area contributed by atoms with Crippen LogP contribution in [0.25, 0.3) is 11.0 Å². The van der Waals surface area contributed by atoms with Gasteiger partial charge in [0.25, 0.3) is 0 Å². The average molecular weight is 458 g/mol. The lowest BCUT2D eigenvalue weighted by molar-refractivity contribution is -0.136. The highest BCUT2D eigenvalue weighted by Crippen LogP contribution is 2.24. The van der Waals surface area contributed by atoms with Crippen molar-refractivity contribution >= 4 is 27.0 Å². The van der Waals surface area contributed by atoms with E-state index in [4.69, 9.17) is 9.15 Å². The number of esters is 1. The van der Waals surface area contributed by atoms with Gasteiger partial charge in [-0.2, -0.15) is 4.72 Å². The largest absolute Gasteiger partial charge is 0.425 e. The Morgan fingerprint density at radius 1 is 1.09 bits per heavy atom. The zero-order chi connectivity index (χ0) is 23.3. The number of carbonyl (C=O) groups excluding carboxylic acids is 1. The number of nitrogens with one attached hydrogen (secondary N) is 1. The summed E-state index contributed by atoms with van der Waals surface area (Å²) >= 11 is 0. The number of hydrogen-bond donors (Lipinski definition) is 1. The minimum absolute atomic E-state index is 0.0805. The van der Waals surface area contributed by atoms with E-state index in [2.05, 4.69) is 4.72 Å². The van der Waals surface area contributed by atoms with Crippen molar-refractivity contribution in [1.29, 1.82) is 0 Å². The fraction of sp³-hybridized carbons (Fsp3) is 0.333. The van der Waals surface area contributed by atoms with Crippen LogP contribution in [0.3, 0.4) is 0 Å². The van der Waals surface area contributed by atoms with Gasteiger partial charge in [-0.25, -0.2) is 18.0 Å². The van der Waals surface area contributed by atoms with E-state index in [9.17, 15) is 18.0 Å². The first-order valence-corrected chi connectivity index (χ1v) is 12.1. The Bertz CT molecular complexity index is 1260. The number of aryl methyl sites for hydroxylation is 2. The van der Waals surface area contributed by atoms with Gasteiger partial charge in [-0.1, -0.05) is 44.4 Å². The standard InChI is InChI=1S/C24H27NO6S/c1-4-6-7-21(25-32(28,29)19-11-8-16(3)9-12-19)24(27)30-18-10-13-20-17(5-2)14-23(26)31-22(20)15-18/h8-15,21,25H,4-7H2,1-3H3/t21-/m1/s1. The molecule has 0 aliphatic rings. The van der Waals surface area contributed by atoms with E-state index in [1.165, 1.54) is 24.3 Å². The monoisotopic (exact) mass is 457 g/mol. The highest BCUT2D eigenvalue weighted by molar-refractivity contribution is 7.89. The molecule has 32 heavy (non-hydrogen) atoms. The molecule has 170 valence electrons. The second-order valence-electron chi connectivity index (χ2n) is 7.65. The third kappa shape index (κ3) is 5.63. The summed E-state index contributed by atoms with van der Waals surface area (Å²) in [5.41, 5.74) is 1.59. The maximum atomic E-state index is 12.9. The van der Waals surface area contributed by atoms with Crippen LogP contribution >= 0.6 is 0 Å². The molecule has 1 aromatic heterocycles. The van der Waals surface area contributed by atoms with Gasteiger partial charge in [0, 0.05) is 17.5 Å². The molecule has 3 rings (SSSR count). The van der Waals surface area contributed by atoms with Crippen LogP contribution in [-0.2, 0) is 21.2 Å². The summed E-state index contributed by atoms with van der Waals surface area (Å²) in [6, 6.07) is 11.6. The van der Waals surface area contributed by atoms with Crippen molar-refractivity contribution < 1.29 is 22.4 Å². The molecule has 2 aromatic carbocycles. The molecule has 0 saturated carbocycles. The van der Waals surface area contributed by atoms with E-state index >= 15 is 0 Å². The van der Waals surface area contributed by atoms with Gasteiger partial charge in [-0.3, -0.25) is 0 Å². The van der Waals surface area contributed by atoms with Crippen LogP contribution in [0.1, 0.15) is 44.2 Å². The van der Waals surface area contributed by atoms with Crippen LogP contribution in [0.15, 0.2) is 62.6 Å². The Labute approximate surface area is 187 Å². The van der Waals surface area contributed by atoms with E-state index in [1.807, 2.05) is 20.8 Å². The van der Waals surface area contributed by atoms with Crippen molar-refractivity contribution in [1.82, 2.24) is 4.72 Å². The number of hydrogen-bond acceptors (Lipinski definition) is 6. The van der Waals surface area contributed by atoms with E-state index in [0.29, 0.717) is 24.8 Å². The second kappa shape index (κ2) is 10.1. The summed E-state index contributed by atoms with van der Waals surface area (Å²) < 4.78 is 38.8. The topological polar surface area (TPSA) is 103 Å². The fourth-order valence-corrected chi connectivity index (χ4v) is 4.58. The number of fused-ring (bicyclic) bond motifs is 1. The van der Waals surface area contributed by atoms with Crippen LogP contribution in [0, 0.1) is 6.92 Å². The van der Waals surface area contributed by atoms with Crippen molar-refractivity contribution in [3.8, 4) is 5.75 Å². The fourth-order valence-electron chi connectivity index (χ4n) is 3.36. The molecule has 0 fully saturated rings. The van der Waals surface area contributed by atoms with Crippen molar-refractivity contribution in [2.24, 2.45) is 0 Å². The normalized spacial score (nSPS) is 12.6. The highest BCUT2D eigenvalue weighted by atomic mass is 32.2. The molecule has 1 N–H and O–H groups in total. The van der Waals surface area contributed by atoms with Gasteiger partial charge < -0.3 is 9.15 Å². The Kier molecular flexibility index (Phi) is 7.48. The summed E-state index contributed by atoms with van der Waals surface area (Å²) in [4.78, 5) is 24.7. The smallest absolute Gasteiger partial charge is 0.336 e. The molecule has 7 nitrogen and oxygen atoms in total. The molecule has 0 aliphatic heterocycles.